The first-order valence-electron chi connectivity index (χ1n) is 6.35. The van der Waals surface area contributed by atoms with E-state index < -0.39 is 0 Å². The molecule has 17 heavy (non-hydrogen) atoms. The molecule has 1 aromatic carbocycles. The Morgan fingerprint density at radius 2 is 2.06 bits per heavy atom. The molecule has 2 rings (SSSR count). The summed E-state index contributed by atoms with van der Waals surface area (Å²) in [6, 6.07) is 11.1. The molecule has 1 fully saturated rings. The van der Waals surface area contributed by atoms with Gasteiger partial charge < -0.3 is 5.73 Å². The highest BCUT2D eigenvalue weighted by Crippen LogP contribution is 2.27. The van der Waals surface area contributed by atoms with E-state index in [1.165, 1.54) is 35.7 Å². The second-order valence-electron chi connectivity index (χ2n) is 4.53. The van der Waals surface area contributed by atoms with Crippen molar-refractivity contribution in [1.82, 2.24) is 0 Å². The summed E-state index contributed by atoms with van der Waals surface area (Å²) in [5.41, 5.74) is 7.71. The van der Waals surface area contributed by atoms with Crippen LogP contribution in [0.3, 0.4) is 0 Å². The Balaban J connectivity index is 1.67. The first-order valence-corrected chi connectivity index (χ1v) is 8.55. The summed E-state index contributed by atoms with van der Waals surface area (Å²) >= 11 is 4.13. The highest BCUT2D eigenvalue weighted by Gasteiger charge is 2.20. The number of nitrogens with two attached hydrogens (primary N) is 1. The van der Waals surface area contributed by atoms with Crippen LogP contribution in [0.25, 0.3) is 0 Å². The van der Waals surface area contributed by atoms with Gasteiger partial charge in [-0.2, -0.15) is 23.5 Å². The van der Waals surface area contributed by atoms with Gasteiger partial charge in [0.05, 0.1) is 0 Å². The fourth-order valence-corrected chi connectivity index (χ4v) is 4.99. The summed E-state index contributed by atoms with van der Waals surface area (Å²) < 4.78 is 0. The van der Waals surface area contributed by atoms with Gasteiger partial charge >= 0.3 is 0 Å². The number of thioether (sulfide) groups is 2. The van der Waals surface area contributed by atoms with E-state index in [-0.39, 0.29) is 0 Å². The lowest BCUT2D eigenvalue weighted by Gasteiger charge is -2.26. The second kappa shape index (κ2) is 7.34. The van der Waals surface area contributed by atoms with Crippen molar-refractivity contribution in [3.8, 4) is 0 Å². The van der Waals surface area contributed by atoms with Crippen LogP contribution in [-0.2, 0) is 6.42 Å². The average molecular weight is 267 g/mol. The minimum Gasteiger partial charge on any atom is -0.327 e. The van der Waals surface area contributed by atoms with Crippen LogP contribution in [0.5, 0.6) is 0 Å². The molecule has 1 heterocycles. The number of benzene rings is 1. The predicted molar refractivity (Wildman–Crippen MR) is 80.9 cm³/mol. The molecule has 1 aromatic rings. The Bertz CT molecular complexity index is 309. The maximum Gasteiger partial charge on any atom is 0.0289 e. The van der Waals surface area contributed by atoms with Crippen LogP contribution in [0.2, 0.25) is 0 Å². The Hall–Kier alpha value is -0.120. The molecule has 2 N–H and O–H groups in total. The average Bonchev–Trinajstić information content (AvgIpc) is 2.41. The van der Waals surface area contributed by atoms with Crippen LogP contribution in [0.1, 0.15) is 18.4 Å². The molecule has 94 valence electrons. The first-order chi connectivity index (χ1) is 8.36. The molecule has 0 bridgehead atoms. The zero-order chi connectivity index (χ0) is 11.9. The molecule has 0 aliphatic carbocycles. The van der Waals surface area contributed by atoms with Crippen molar-refractivity contribution in [3.05, 3.63) is 35.9 Å². The smallest absolute Gasteiger partial charge is 0.0289 e. The molecule has 2 unspecified atom stereocenters. The van der Waals surface area contributed by atoms with Gasteiger partial charge in [-0.15, -0.1) is 0 Å². The summed E-state index contributed by atoms with van der Waals surface area (Å²) in [6.07, 6.45) is 3.54. The fourth-order valence-electron chi connectivity index (χ4n) is 2.13. The number of aryl methyl sites for hydroxylation is 1. The van der Waals surface area contributed by atoms with Crippen LogP contribution >= 0.6 is 23.5 Å². The fraction of sp³-hybridized carbons (Fsp3) is 0.571. The van der Waals surface area contributed by atoms with E-state index in [0.717, 1.165) is 6.42 Å². The van der Waals surface area contributed by atoms with Gasteiger partial charge in [0, 0.05) is 28.6 Å². The van der Waals surface area contributed by atoms with Crippen molar-refractivity contribution in [2.75, 3.05) is 17.3 Å². The lowest BCUT2D eigenvalue weighted by molar-refractivity contribution is 0.580. The monoisotopic (exact) mass is 267 g/mol. The van der Waals surface area contributed by atoms with E-state index in [9.17, 15) is 0 Å². The number of rotatable bonds is 5. The van der Waals surface area contributed by atoms with Crippen molar-refractivity contribution >= 4 is 23.5 Å². The third kappa shape index (κ3) is 4.57. The topological polar surface area (TPSA) is 26.0 Å². The molecular weight excluding hydrogens is 246 g/mol. The van der Waals surface area contributed by atoms with Crippen LogP contribution in [0, 0.1) is 0 Å². The molecule has 2 atom stereocenters. The van der Waals surface area contributed by atoms with E-state index in [0.29, 0.717) is 11.3 Å². The van der Waals surface area contributed by atoms with E-state index in [2.05, 4.69) is 53.9 Å². The van der Waals surface area contributed by atoms with Gasteiger partial charge in [-0.1, -0.05) is 30.3 Å². The molecule has 1 aliphatic rings. The molecule has 0 radical (unpaired) electrons. The predicted octanol–water partition coefficient (Wildman–Crippen LogP) is 3.19. The van der Waals surface area contributed by atoms with Crippen LogP contribution in [0.4, 0.5) is 0 Å². The molecule has 0 spiro atoms. The third-order valence-corrected chi connectivity index (χ3v) is 6.11. The largest absolute Gasteiger partial charge is 0.327 e. The Morgan fingerprint density at radius 1 is 1.24 bits per heavy atom. The lowest BCUT2D eigenvalue weighted by Crippen LogP contribution is -2.36. The molecule has 1 saturated heterocycles. The van der Waals surface area contributed by atoms with E-state index in [4.69, 9.17) is 5.73 Å². The zero-order valence-electron chi connectivity index (χ0n) is 10.2. The highest BCUT2D eigenvalue weighted by molar-refractivity contribution is 8.06. The van der Waals surface area contributed by atoms with Crippen molar-refractivity contribution in [2.45, 2.75) is 30.6 Å². The number of hydrogen-bond acceptors (Lipinski definition) is 3. The third-order valence-electron chi connectivity index (χ3n) is 3.16. The minimum atomic E-state index is 0.386. The lowest BCUT2D eigenvalue weighted by atomic mass is 10.0. The summed E-state index contributed by atoms with van der Waals surface area (Å²) in [6.45, 7) is 0. The molecule has 0 aromatic heterocycles. The quantitative estimate of drug-likeness (QED) is 0.887. The maximum atomic E-state index is 6.28. The minimum absolute atomic E-state index is 0.386. The Morgan fingerprint density at radius 3 is 2.76 bits per heavy atom. The summed E-state index contributed by atoms with van der Waals surface area (Å²) in [7, 11) is 0. The normalized spacial score (nSPS) is 22.3. The van der Waals surface area contributed by atoms with E-state index >= 15 is 0 Å². The van der Waals surface area contributed by atoms with E-state index in [1.807, 2.05) is 0 Å². The summed E-state index contributed by atoms with van der Waals surface area (Å²) in [5.74, 6) is 3.83. The van der Waals surface area contributed by atoms with Crippen molar-refractivity contribution in [2.24, 2.45) is 5.73 Å². The number of hydrogen-bond donors (Lipinski definition) is 1. The zero-order valence-corrected chi connectivity index (χ0v) is 11.8. The van der Waals surface area contributed by atoms with Gasteiger partial charge in [0.25, 0.3) is 0 Å². The Kier molecular flexibility index (Phi) is 5.75. The SMILES string of the molecule is NC(CCCc1ccccc1)C1CSCCS1. The van der Waals surface area contributed by atoms with Gasteiger partial charge in [0.2, 0.25) is 0 Å². The van der Waals surface area contributed by atoms with Gasteiger partial charge in [-0.25, -0.2) is 0 Å². The van der Waals surface area contributed by atoms with Gasteiger partial charge in [-0.05, 0) is 24.8 Å². The maximum absolute atomic E-state index is 6.28. The van der Waals surface area contributed by atoms with Crippen LogP contribution < -0.4 is 5.73 Å². The Labute approximate surface area is 113 Å². The van der Waals surface area contributed by atoms with E-state index in [1.54, 1.807) is 0 Å². The molecule has 1 aliphatic heterocycles. The summed E-state index contributed by atoms with van der Waals surface area (Å²) in [4.78, 5) is 0. The van der Waals surface area contributed by atoms with Crippen molar-refractivity contribution in [3.63, 3.8) is 0 Å². The molecule has 1 nitrogen and oxygen atoms in total. The van der Waals surface area contributed by atoms with Crippen LogP contribution in [-0.4, -0.2) is 28.6 Å². The van der Waals surface area contributed by atoms with Crippen LogP contribution in [0.15, 0.2) is 30.3 Å². The molecule has 3 heteroatoms. The van der Waals surface area contributed by atoms with Crippen molar-refractivity contribution < 1.29 is 0 Å². The summed E-state index contributed by atoms with van der Waals surface area (Å²) in [5, 5.41) is 0.685. The van der Waals surface area contributed by atoms with Gasteiger partial charge in [-0.3, -0.25) is 0 Å². The standard InChI is InChI=1S/C14H21NS2/c15-13(14-11-16-9-10-17-14)8-4-7-12-5-2-1-3-6-12/h1-3,5-6,13-14H,4,7-11,15H2. The van der Waals surface area contributed by atoms with Crippen molar-refractivity contribution in [1.29, 1.82) is 0 Å². The first kappa shape index (κ1) is 13.3. The van der Waals surface area contributed by atoms with Gasteiger partial charge in [0.15, 0.2) is 0 Å². The molecular formula is C14H21NS2. The second-order valence-corrected chi connectivity index (χ2v) is 7.02. The van der Waals surface area contributed by atoms with Gasteiger partial charge in [0.1, 0.15) is 0 Å². The molecule has 0 saturated carbocycles. The molecule has 0 amide bonds. The highest BCUT2D eigenvalue weighted by atomic mass is 32.2.